The summed E-state index contributed by atoms with van der Waals surface area (Å²) in [6.45, 7) is 8.43. The lowest BCUT2D eigenvalue weighted by molar-refractivity contribution is 0.416. The Morgan fingerprint density at radius 3 is 2.81 bits per heavy atom. The molecule has 0 heterocycles. The first-order valence-electron chi connectivity index (χ1n) is 11.2. The summed E-state index contributed by atoms with van der Waals surface area (Å²) in [6, 6.07) is 7.77. The van der Waals surface area contributed by atoms with E-state index >= 15 is 0 Å². The second-order valence-corrected chi connectivity index (χ2v) is 9.29. The first kappa shape index (κ1) is 20.4. The Balaban J connectivity index is 1.42. The molecule has 1 saturated carbocycles. The first-order chi connectivity index (χ1) is 13.0. The Morgan fingerprint density at radius 1 is 1.22 bits per heavy atom. The molecule has 4 atom stereocenters. The molecule has 2 aliphatic rings. The molecule has 0 saturated heterocycles. The van der Waals surface area contributed by atoms with Crippen LogP contribution in [-0.4, -0.2) is 6.04 Å². The zero-order valence-corrected chi connectivity index (χ0v) is 17.6. The highest BCUT2D eigenvalue weighted by Crippen LogP contribution is 2.36. The van der Waals surface area contributed by atoms with E-state index in [1.807, 2.05) is 0 Å². The second-order valence-electron chi connectivity index (χ2n) is 9.29. The van der Waals surface area contributed by atoms with Crippen molar-refractivity contribution in [1.29, 1.82) is 0 Å². The van der Waals surface area contributed by atoms with E-state index in [1.54, 1.807) is 16.7 Å². The zero-order chi connectivity index (χ0) is 19.2. The lowest BCUT2D eigenvalue weighted by atomic mass is 9.80. The van der Waals surface area contributed by atoms with E-state index in [0.29, 0.717) is 17.9 Å². The Labute approximate surface area is 167 Å². The Bertz CT molecular complexity index is 656. The minimum atomic E-state index is 0.425. The monoisotopic (exact) mass is 365 g/mol. The zero-order valence-electron chi connectivity index (χ0n) is 17.6. The first-order valence-corrected chi connectivity index (χ1v) is 11.2. The minimum absolute atomic E-state index is 0.425. The van der Waals surface area contributed by atoms with E-state index in [2.05, 4.69) is 50.8 Å². The summed E-state index contributed by atoms with van der Waals surface area (Å²) in [5.41, 5.74) is 12.2. The summed E-state index contributed by atoms with van der Waals surface area (Å²) in [4.78, 5) is 0. The van der Waals surface area contributed by atoms with E-state index in [4.69, 9.17) is 5.73 Å². The van der Waals surface area contributed by atoms with Crippen LogP contribution >= 0.6 is 0 Å². The molecule has 1 heteroatoms. The standard InChI is InChI=1S/C26H39N/c1-19(2)20(3)8-6-4-5-7-9-21-10-11-23-17-24(13-12-22(23)16-21)25-14-15-26(27)18-25/h4,6,12-13,17,20-21,25-26H,1,5,7-11,14-16,18,27H2,2-3H3/b6-4-. The maximum atomic E-state index is 6.11. The van der Waals surface area contributed by atoms with Gasteiger partial charge in [0.25, 0.3) is 0 Å². The molecule has 0 amide bonds. The fourth-order valence-corrected chi connectivity index (χ4v) is 4.81. The van der Waals surface area contributed by atoms with Crippen molar-refractivity contribution >= 4 is 0 Å². The van der Waals surface area contributed by atoms with E-state index in [1.165, 1.54) is 63.4 Å². The second kappa shape index (κ2) is 9.73. The highest BCUT2D eigenvalue weighted by molar-refractivity contribution is 5.36. The molecular weight excluding hydrogens is 326 g/mol. The summed E-state index contributed by atoms with van der Waals surface area (Å²) < 4.78 is 0. The van der Waals surface area contributed by atoms with Gasteiger partial charge in [-0.15, -0.1) is 0 Å². The number of nitrogens with two attached hydrogens (primary N) is 1. The number of allylic oxidation sites excluding steroid dienone is 3. The van der Waals surface area contributed by atoms with Gasteiger partial charge in [0, 0.05) is 6.04 Å². The molecule has 0 radical (unpaired) electrons. The molecule has 2 aliphatic carbocycles. The van der Waals surface area contributed by atoms with Crippen LogP contribution in [0.4, 0.5) is 0 Å². The van der Waals surface area contributed by atoms with Gasteiger partial charge in [-0.3, -0.25) is 0 Å². The van der Waals surface area contributed by atoms with Crippen LogP contribution in [0.3, 0.4) is 0 Å². The van der Waals surface area contributed by atoms with Crippen molar-refractivity contribution in [3.05, 3.63) is 59.2 Å². The SMILES string of the molecule is C=C(C)C(C)C/C=C\CCCC1CCc2cc(C3CCC(N)C3)ccc2C1. The maximum absolute atomic E-state index is 6.11. The van der Waals surface area contributed by atoms with Gasteiger partial charge in [-0.05, 0) is 106 Å². The van der Waals surface area contributed by atoms with Gasteiger partial charge in [0.05, 0.1) is 0 Å². The van der Waals surface area contributed by atoms with Crippen LogP contribution < -0.4 is 5.73 Å². The Kier molecular flexibility index (Phi) is 7.35. The number of fused-ring (bicyclic) bond motifs is 1. The average molecular weight is 366 g/mol. The highest BCUT2D eigenvalue weighted by Gasteiger charge is 2.25. The van der Waals surface area contributed by atoms with Gasteiger partial charge in [-0.25, -0.2) is 0 Å². The quantitative estimate of drug-likeness (QED) is 0.402. The van der Waals surface area contributed by atoms with Gasteiger partial charge in [0.1, 0.15) is 0 Å². The fourth-order valence-electron chi connectivity index (χ4n) is 4.81. The van der Waals surface area contributed by atoms with Crippen LogP contribution in [-0.2, 0) is 12.8 Å². The number of unbranched alkanes of at least 4 members (excludes halogenated alkanes) is 1. The smallest absolute Gasteiger partial charge is 0.00448 e. The van der Waals surface area contributed by atoms with Crippen molar-refractivity contribution in [3.63, 3.8) is 0 Å². The number of hydrogen-bond acceptors (Lipinski definition) is 1. The van der Waals surface area contributed by atoms with Crippen molar-refractivity contribution in [1.82, 2.24) is 0 Å². The number of aryl methyl sites for hydroxylation is 1. The molecule has 0 aromatic heterocycles. The lowest BCUT2D eigenvalue weighted by Gasteiger charge is -2.26. The van der Waals surface area contributed by atoms with Gasteiger partial charge in [0.2, 0.25) is 0 Å². The molecule has 3 rings (SSSR count). The third-order valence-electron chi connectivity index (χ3n) is 6.99. The Morgan fingerprint density at radius 2 is 2.07 bits per heavy atom. The predicted octanol–water partition coefficient (Wildman–Crippen LogP) is 6.72. The molecule has 1 nitrogen and oxygen atoms in total. The topological polar surface area (TPSA) is 26.0 Å². The van der Waals surface area contributed by atoms with Crippen LogP contribution in [0.15, 0.2) is 42.5 Å². The third kappa shape index (κ3) is 5.82. The van der Waals surface area contributed by atoms with Crippen LogP contribution in [0.1, 0.15) is 87.8 Å². The molecule has 2 N–H and O–H groups in total. The molecule has 148 valence electrons. The summed E-state index contributed by atoms with van der Waals surface area (Å²) >= 11 is 0. The summed E-state index contributed by atoms with van der Waals surface area (Å²) in [5.74, 6) is 2.20. The predicted molar refractivity (Wildman–Crippen MR) is 118 cm³/mol. The number of hydrogen-bond donors (Lipinski definition) is 1. The van der Waals surface area contributed by atoms with Crippen molar-refractivity contribution in [3.8, 4) is 0 Å². The normalized spacial score (nSPS) is 26.3. The van der Waals surface area contributed by atoms with Crippen molar-refractivity contribution in [2.75, 3.05) is 0 Å². The van der Waals surface area contributed by atoms with E-state index in [0.717, 1.165) is 12.3 Å². The van der Waals surface area contributed by atoms with Crippen molar-refractivity contribution in [2.24, 2.45) is 17.6 Å². The van der Waals surface area contributed by atoms with Gasteiger partial charge in [-0.1, -0.05) is 49.4 Å². The molecule has 1 fully saturated rings. The summed E-state index contributed by atoms with van der Waals surface area (Å²) in [5, 5.41) is 0. The van der Waals surface area contributed by atoms with Gasteiger partial charge in [-0.2, -0.15) is 0 Å². The van der Waals surface area contributed by atoms with Gasteiger partial charge in [0.15, 0.2) is 0 Å². The number of benzene rings is 1. The Hall–Kier alpha value is -1.34. The van der Waals surface area contributed by atoms with Crippen molar-refractivity contribution in [2.45, 2.75) is 90.0 Å². The number of rotatable bonds is 8. The lowest BCUT2D eigenvalue weighted by Crippen LogP contribution is -2.16. The van der Waals surface area contributed by atoms with Crippen LogP contribution in [0.5, 0.6) is 0 Å². The van der Waals surface area contributed by atoms with Crippen LogP contribution in [0, 0.1) is 11.8 Å². The third-order valence-corrected chi connectivity index (χ3v) is 6.99. The molecule has 1 aromatic carbocycles. The fraction of sp³-hybridized carbons (Fsp3) is 0.615. The molecule has 0 bridgehead atoms. The van der Waals surface area contributed by atoms with Gasteiger partial charge >= 0.3 is 0 Å². The highest BCUT2D eigenvalue weighted by atomic mass is 14.6. The van der Waals surface area contributed by atoms with E-state index in [9.17, 15) is 0 Å². The van der Waals surface area contributed by atoms with Gasteiger partial charge < -0.3 is 5.73 Å². The van der Waals surface area contributed by atoms with E-state index < -0.39 is 0 Å². The average Bonchev–Trinajstić information content (AvgIpc) is 3.10. The molecule has 0 aliphatic heterocycles. The molecule has 0 spiro atoms. The molecule has 27 heavy (non-hydrogen) atoms. The molecular formula is C26H39N. The van der Waals surface area contributed by atoms with E-state index in [-0.39, 0.29) is 0 Å². The molecule has 1 aromatic rings. The molecule has 4 unspecified atom stereocenters. The summed E-state index contributed by atoms with van der Waals surface area (Å²) in [7, 11) is 0. The van der Waals surface area contributed by atoms with Crippen LogP contribution in [0.2, 0.25) is 0 Å². The minimum Gasteiger partial charge on any atom is -0.328 e. The van der Waals surface area contributed by atoms with Crippen molar-refractivity contribution < 1.29 is 0 Å². The summed E-state index contributed by atoms with van der Waals surface area (Å²) in [6.07, 6.45) is 17.4. The largest absolute Gasteiger partial charge is 0.328 e. The van der Waals surface area contributed by atoms with Crippen LogP contribution in [0.25, 0.3) is 0 Å². The maximum Gasteiger partial charge on any atom is 0.00448 e.